The maximum absolute atomic E-state index is 11.5. The van der Waals surface area contributed by atoms with Gasteiger partial charge in [0.25, 0.3) is 0 Å². The maximum atomic E-state index is 11.5. The lowest BCUT2D eigenvalue weighted by Gasteiger charge is -2.20. The summed E-state index contributed by atoms with van der Waals surface area (Å²) in [4.78, 5) is 11.5. The van der Waals surface area contributed by atoms with Crippen LogP contribution in [0, 0.1) is 6.92 Å². The van der Waals surface area contributed by atoms with Crippen molar-refractivity contribution in [2.45, 2.75) is 52.2 Å². The molecular formula is C16H26N2O2. The van der Waals surface area contributed by atoms with Crippen LogP contribution >= 0.6 is 0 Å². The zero-order chi connectivity index (χ0) is 15.2. The van der Waals surface area contributed by atoms with Crippen LogP contribution in [0.4, 0.5) is 4.79 Å². The molecule has 1 aromatic rings. The molecule has 1 unspecified atom stereocenters. The molecule has 0 bridgehead atoms. The SMILES string of the molecule is Cc1ccccc1CCC(N)CNC(=O)OC(C)(C)C. The Bertz CT molecular complexity index is 438. The van der Waals surface area contributed by atoms with Crippen LogP contribution < -0.4 is 11.1 Å². The quantitative estimate of drug-likeness (QED) is 0.870. The second-order valence-electron chi connectivity index (χ2n) is 6.11. The van der Waals surface area contributed by atoms with E-state index in [1.807, 2.05) is 32.9 Å². The number of nitrogens with two attached hydrogens (primary N) is 1. The van der Waals surface area contributed by atoms with E-state index in [1.54, 1.807) is 0 Å². The third-order valence-electron chi connectivity index (χ3n) is 2.95. The van der Waals surface area contributed by atoms with Crippen molar-refractivity contribution in [2.24, 2.45) is 5.73 Å². The third-order valence-corrected chi connectivity index (χ3v) is 2.95. The number of carbonyl (C=O) groups excluding carboxylic acids is 1. The summed E-state index contributed by atoms with van der Waals surface area (Å²) in [5.41, 5.74) is 8.12. The number of benzene rings is 1. The van der Waals surface area contributed by atoms with Crippen molar-refractivity contribution in [1.29, 1.82) is 0 Å². The summed E-state index contributed by atoms with van der Waals surface area (Å²) in [5.74, 6) is 0. The molecular weight excluding hydrogens is 252 g/mol. The van der Waals surface area contributed by atoms with Crippen molar-refractivity contribution in [1.82, 2.24) is 5.32 Å². The first-order chi connectivity index (χ1) is 9.28. The molecule has 0 saturated carbocycles. The van der Waals surface area contributed by atoms with E-state index in [-0.39, 0.29) is 6.04 Å². The molecule has 0 aromatic heterocycles. The number of rotatable bonds is 5. The molecule has 3 N–H and O–H groups in total. The molecule has 0 radical (unpaired) electrons. The molecule has 0 heterocycles. The number of amides is 1. The summed E-state index contributed by atoms with van der Waals surface area (Å²) in [6.07, 6.45) is 1.34. The van der Waals surface area contributed by atoms with Gasteiger partial charge in [-0.05, 0) is 51.7 Å². The van der Waals surface area contributed by atoms with Crippen LogP contribution in [0.25, 0.3) is 0 Å². The molecule has 0 aliphatic rings. The van der Waals surface area contributed by atoms with E-state index in [0.29, 0.717) is 6.54 Å². The Balaban J connectivity index is 2.29. The maximum Gasteiger partial charge on any atom is 0.407 e. The first kappa shape index (κ1) is 16.5. The number of ether oxygens (including phenoxy) is 1. The largest absolute Gasteiger partial charge is 0.444 e. The Kier molecular flexibility index (Phi) is 6.02. The van der Waals surface area contributed by atoms with Crippen molar-refractivity contribution in [3.05, 3.63) is 35.4 Å². The zero-order valence-electron chi connectivity index (χ0n) is 12.9. The fraction of sp³-hybridized carbons (Fsp3) is 0.562. The van der Waals surface area contributed by atoms with Crippen molar-refractivity contribution in [3.8, 4) is 0 Å². The second-order valence-corrected chi connectivity index (χ2v) is 6.11. The highest BCUT2D eigenvalue weighted by Crippen LogP contribution is 2.10. The number of carbonyl (C=O) groups is 1. The normalized spacial score (nSPS) is 12.8. The van der Waals surface area contributed by atoms with Crippen molar-refractivity contribution >= 4 is 6.09 Å². The molecule has 4 heteroatoms. The second kappa shape index (κ2) is 7.29. The van der Waals surface area contributed by atoms with E-state index in [0.717, 1.165) is 12.8 Å². The summed E-state index contributed by atoms with van der Waals surface area (Å²) in [5, 5.41) is 2.70. The van der Waals surface area contributed by atoms with Gasteiger partial charge in [-0.2, -0.15) is 0 Å². The van der Waals surface area contributed by atoms with Gasteiger partial charge in [-0.25, -0.2) is 4.79 Å². The van der Waals surface area contributed by atoms with Crippen LogP contribution in [-0.4, -0.2) is 24.3 Å². The van der Waals surface area contributed by atoms with Crippen LogP contribution in [0.5, 0.6) is 0 Å². The van der Waals surface area contributed by atoms with Crippen LogP contribution in [-0.2, 0) is 11.2 Å². The Labute approximate surface area is 121 Å². The van der Waals surface area contributed by atoms with Gasteiger partial charge in [-0.15, -0.1) is 0 Å². The van der Waals surface area contributed by atoms with Crippen LogP contribution in [0.1, 0.15) is 38.3 Å². The minimum atomic E-state index is -0.477. The van der Waals surface area contributed by atoms with Gasteiger partial charge in [0.2, 0.25) is 0 Å². The molecule has 1 atom stereocenters. The van der Waals surface area contributed by atoms with Crippen LogP contribution in [0.3, 0.4) is 0 Å². The summed E-state index contributed by atoms with van der Waals surface area (Å²) in [6, 6.07) is 8.21. The van der Waals surface area contributed by atoms with Gasteiger partial charge in [0, 0.05) is 12.6 Å². The van der Waals surface area contributed by atoms with Gasteiger partial charge in [-0.3, -0.25) is 0 Å². The van der Waals surface area contributed by atoms with Crippen LogP contribution in [0.15, 0.2) is 24.3 Å². The minimum absolute atomic E-state index is 0.0675. The van der Waals surface area contributed by atoms with E-state index >= 15 is 0 Å². The highest BCUT2D eigenvalue weighted by Gasteiger charge is 2.16. The fourth-order valence-electron chi connectivity index (χ4n) is 1.86. The Hall–Kier alpha value is -1.55. The Morgan fingerprint density at radius 3 is 2.60 bits per heavy atom. The predicted molar refractivity (Wildman–Crippen MR) is 81.7 cm³/mol. The molecule has 0 aliphatic heterocycles. The van der Waals surface area contributed by atoms with Crippen molar-refractivity contribution in [2.75, 3.05) is 6.54 Å². The average Bonchev–Trinajstić information content (AvgIpc) is 2.33. The van der Waals surface area contributed by atoms with E-state index in [1.165, 1.54) is 11.1 Å². The lowest BCUT2D eigenvalue weighted by atomic mass is 10.0. The predicted octanol–water partition coefficient (Wildman–Crippen LogP) is 2.78. The molecule has 1 aromatic carbocycles. The number of hydrogen-bond donors (Lipinski definition) is 2. The topological polar surface area (TPSA) is 64.3 Å². The van der Waals surface area contributed by atoms with Gasteiger partial charge < -0.3 is 15.8 Å². The Morgan fingerprint density at radius 1 is 1.35 bits per heavy atom. The smallest absolute Gasteiger partial charge is 0.407 e. The van der Waals surface area contributed by atoms with Gasteiger partial charge in [0.1, 0.15) is 5.60 Å². The molecule has 0 saturated heterocycles. The van der Waals surface area contributed by atoms with E-state index in [9.17, 15) is 4.79 Å². The minimum Gasteiger partial charge on any atom is -0.444 e. The first-order valence-electron chi connectivity index (χ1n) is 7.05. The fourth-order valence-corrected chi connectivity index (χ4v) is 1.86. The van der Waals surface area contributed by atoms with Crippen molar-refractivity contribution in [3.63, 3.8) is 0 Å². The molecule has 4 nitrogen and oxygen atoms in total. The average molecular weight is 278 g/mol. The lowest BCUT2D eigenvalue weighted by molar-refractivity contribution is 0.0524. The molecule has 20 heavy (non-hydrogen) atoms. The van der Waals surface area contributed by atoms with E-state index in [2.05, 4.69) is 24.4 Å². The van der Waals surface area contributed by atoms with Gasteiger partial charge >= 0.3 is 6.09 Å². The summed E-state index contributed by atoms with van der Waals surface area (Å²) in [6.45, 7) is 8.04. The lowest BCUT2D eigenvalue weighted by Crippen LogP contribution is -2.40. The summed E-state index contributed by atoms with van der Waals surface area (Å²) < 4.78 is 5.16. The van der Waals surface area contributed by atoms with Crippen LogP contribution in [0.2, 0.25) is 0 Å². The zero-order valence-corrected chi connectivity index (χ0v) is 12.9. The van der Waals surface area contributed by atoms with E-state index in [4.69, 9.17) is 10.5 Å². The highest BCUT2D eigenvalue weighted by molar-refractivity contribution is 5.67. The third kappa shape index (κ3) is 6.57. The highest BCUT2D eigenvalue weighted by atomic mass is 16.6. The van der Waals surface area contributed by atoms with Gasteiger partial charge in [0.05, 0.1) is 0 Å². The number of aryl methyl sites for hydroxylation is 2. The van der Waals surface area contributed by atoms with Crippen molar-refractivity contribution < 1.29 is 9.53 Å². The Morgan fingerprint density at radius 2 is 2.00 bits per heavy atom. The monoisotopic (exact) mass is 278 g/mol. The van der Waals surface area contributed by atoms with E-state index < -0.39 is 11.7 Å². The first-order valence-corrected chi connectivity index (χ1v) is 7.05. The van der Waals surface area contributed by atoms with Gasteiger partial charge in [-0.1, -0.05) is 24.3 Å². The summed E-state index contributed by atoms with van der Waals surface area (Å²) >= 11 is 0. The number of alkyl carbamates (subject to hydrolysis) is 1. The molecule has 0 spiro atoms. The molecule has 0 fully saturated rings. The van der Waals surface area contributed by atoms with Gasteiger partial charge in [0.15, 0.2) is 0 Å². The number of hydrogen-bond acceptors (Lipinski definition) is 3. The molecule has 0 aliphatic carbocycles. The molecule has 1 amide bonds. The molecule has 1 rings (SSSR count). The standard InChI is InChI=1S/C16H26N2O2/c1-12-7-5-6-8-13(12)9-10-14(17)11-18-15(19)20-16(2,3)4/h5-8,14H,9-11,17H2,1-4H3,(H,18,19). The molecule has 112 valence electrons. The number of nitrogens with one attached hydrogen (secondary N) is 1. The summed E-state index contributed by atoms with van der Waals surface area (Å²) in [7, 11) is 0.